The third kappa shape index (κ3) is 2.74. The van der Waals surface area contributed by atoms with E-state index >= 15 is 0 Å². The molecule has 1 saturated heterocycles. The maximum absolute atomic E-state index is 12.9. The topological polar surface area (TPSA) is 91.4 Å². The number of anilines is 1. The number of hydrogen-bond donors (Lipinski definition) is 2. The molecule has 1 aromatic carbocycles. The summed E-state index contributed by atoms with van der Waals surface area (Å²) in [4.78, 5) is 43.0. The fourth-order valence-corrected chi connectivity index (χ4v) is 4.75. The second kappa shape index (κ2) is 6.35. The van der Waals surface area contributed by atoms with Gasteiger partial charge in [0.05, 0.1) is 10.2 Å². The van der Waals surface area contributed by atoms with Gasteiger partial charge in [-0.25, -0.2) is 9.78 Å². The summed E-state index contributed by atoms with van der Waals surface area (Å²) in [6, 6.07) is 7.10. The molecule has 1 aliphatic heterocycles. The zero-order chi connectivity index (χ0) is 18.3. The lowest BCUT2D eigenvalue weighted by Gasteiger charge is -2.36. The molecule has 2 atom stereocenters. The van der Waals surface area contributed by atoms with Crippen LogP contribution in [-0.4, -0.2) is 39.8 Å². The number of thiazole rings is 1. The first kappa shape index (κ1) is 17.0. The molecule has 4 amide bonds. The molecule has 1 aromatic heterocycles. The third-order valence-corrected chi connectivity index (χ3v) is 6.30. The van der Waals surface area contributed by atoms with E-state index in [1.54, 1.807) is 0 Å². The quantitative estimate of drug-likeness (QED) is 0.811. The highest BCUT2D eigenvalue weighted by Gasteiger charge is 2.55. The largest absolute Gasteiger partial charge is 0.325 e. The number of para-hydroxylation sites is 1. The van der Waals surface area contributed by atoms with Gasteiger partial charge >= 0.3 is 6.03 Å². The number of fused-ring (bicyclic) bond motifs is 1. The number of carbonyl (C=O) groups excluding carboxylic acids is 3. The van der Waals surface area contributed by atoms with Crippen LogP contribution in [0.5, 0.6) is 0 Å². The molecule has 7 nitrogen and oxygen atoms in total. The monoisotopic (exact) mass is 372 g/mol. The molecule has 2 fully saturated rings. The van der Waals surface area contributed by atoms with Crippen LogP contribution in [0.2, 0.25) is 0 Å². The van der Waals surface area contributed by atoms with Crippen molar-refractivity contribution in [2.75, 3.05) is 11.9 Å². The fraction of sp³-hybridized carbons (Fsp3) is 0.444. The van der Waals surface area contributed by atoms with Gasteiger partial charge in [0.1, 0.15) is 12.1 Å². The van der Waals surface area contributed by atoms with E-state index < -0.39 is 17.5 Å². The Morgan fingerprint density at radius 2 is 2.19 bits per heavy atom. The van der Waals surface area contributed by atoms with Gasteiger partial charge < -0.3 is 10.6 Å². The number of hydrogen-bond acceptors (Lipinski definition) is 5. The van der Waals surface area contributed by atoms with E-state index in [1.165, 1.54) is 11.3 Å². The lowest BCUT2D eigenvalue weighted by Crippen LogP contribution is -2.54. The highest BCUT2D eigenvalue weighted by atomic mass is 32.1. The molecule has 136 valence electrons. The van der Waals surface area contributed by atoms with Crippen molar-refractivity contribution >= 4 is 44.5 Å². The molecular weight excluding hydrogens is 352 g/mol. The molecule has 0 unspecified atom stereocenters. The van der Waals surface area contributed by atoms with Crippen molar-refractivity contribution in [3.8, 4) is 0 Å². The van der Waals surface area contributed by atoms with Crippen molar-refractivity contribution in [3.05, 3.63) is 24.3 Å². The maximum Gasteiger partial charge on any atom is 0.325 e. The van der Waals surface area contributed by atoms with Crippen LogP contribution in [0.3, 0.4) is 0 Å². The second-order valence-electron chi connectivity index (χ2n) is 6.97. The summed E-state index contributed by atoms with van der Waals surface area (Å²) in [6.07, 6.45) is 3.50. The summed E-state index contributed by atoms with van der Waals surface area (Å²) in [5, 5.41) is 6.01. The summed E-state index contributed by atoms with van der Waals surface area (Å²) in [5.41, 5.74) is -0.0383. The lowest BCUT2D eigenvalue weighted by molar-refractivity contribution is -0.136. The van der Waals surface area contributed by atoms with E-state index in [2.05, 4.69) is 15.6 Å². The Hall–Kier alpha value is -2.48. The van der Waals surface area contributed by atoms with Crippen molar-refractivity contribution in [3.63, 3.8) is 0 Å². The van der Waals surface area contributed by atoms with E-state index in [4.69, 9.17) is 0 Å². The summed E-state index contributed by atoms with van der Waals surface area (Å²) < 4.78 is 0.966. The number of imide groups is 1. The SMILES string of the molecule is C[C@H]1CCCC[C@@]12NC(=O)N(CC(=O)Nc1nc3ccccc3s1)C2=O. The highest BCUT2D eigenvalue weighted by Crippen LogP contribution is 2.38. The molecule has 2 aromatic rings. The standard InChI is InChI=1S/C18H20N4O3S/c1-11-6-4-5-9-18(11)15(24)22(17(25)21-18)10-14(23)20-16-19-12-7-2-3-8-13(12)26-16/h2-3,7-8,11H,4-6,9-10H2,1H3,(H,21,25)(H,19,20,23)/t11-,18+/m0/s1. The Morgan fingerprint density at radius 3 is 2.96 bits per heavy atom. The number of nitrogens with one attached hydrogen (secondary N) is 2. The number of carbonyl (C=O) groups is 3. The van der Waals surface area contributed by atoms with Crippen LogP contribution < -0.4 is 10.6 Å². The Kier molecular flexibility index (Phi) is 4.14. The van der Waals surface area contributed by atoms with Gasteiger partial charge in [-0.05, 0) is 30.9 Å². The molecule has 2 aliphatic rings. The Morgan fingerprint density at radius 1 is 1.38 bits per heavy atom. The minimum absolute atomic E-state index is 0.0741. The van der Waals surface area contributed by atoms with Crippen LogP contribution in [-0.2, 0) is 9.59 Å². The van der Waals surface area contributed by atoms with Crippen LogP contribution in [0.4, 0.5) is 9.93 Å². The average molecular weight is 372 g/mol. The number of benzene rings is 1. The van der Waals surface area contributed by atoms with Gasteiger partial charge in [0.15, 0.2) is 5.13 Å². The molecule has 0 radical (unpaired) electrons. The van der Waals surface area contributed by atoms with Gasteiger partial charge in [-0.15, -0.1) is 0 Å². The number of aromatic nitrogens is 1. The van der Waals surface area contributed by atoms with Crippen molar-refractivity contribution in [1.82, 2.24) is 15.2 Å². The molecule has 0 bridgehead atoms. The van der Waals surface area contributed by atoms with Crippen molar-refractivity contribution in [1.29, 1.82) is 0 Å². The van der Waals surface area contributed by atoms with Crippen LogP contribution in [0.1, 0.15) is 32.6 Å². The first-order valence-electron chi connectivity index (χ1n) is 8.79. The first-order chi connectivity index (χ1) is 12.5. The second-order valence-corrected chi connectivity index (χ2v) is 8.01. The van der Waals surface area contributed by atoms with E-state index in [-0.39, 0.29) is 18.4 Å². The fourth-order valence-electron chi connectivity index (χ4n) is 3.87. The molecule has 2 N–H and O–H groups in total. The molecule has 4 rings (SSSR count). The number of rotatable bonds is 3. The molecule has 8 heteroatoms. The Balaban J connectivity index is 1.47. The van der Waals surface area contributed by atoms with Gasteiger partial charge in [0.2, 0.25) is 5.91 Å². The molecule has 1 saturated carbocycles. The Labute approximate surface area is 154 Å². The number of nitrogens with zero attached hydrogens (tertiary/aromatic N) is 2. The average Bonchev–Trinajstić information content (AvgIpc) is 3.12. The van der Waals surface area contributed by atoms with Crippen LogP contribution in [0.25, 0.3) is 10.2 Å². The van der Waals surface area contributed by atoms with Gasteiger partial charge in [-0.1, -0.05) is 43.2 Å². The van der Waals surface area contributed by atoms with Crippen LogP contribution in [0.15, 0.2) is 24.3 Å². The van der Waals surface area contributed by atoms with E-state index in [0.717, 1.165) is 34.4 Å². The lowest BCUT2D eigenvalue weighted by atomic mass is 9.73. The summed E-state index contributed by atoms with van der Waals surface area (Å²) in [6.45, 7) is 1.69. The van der Waals surface area contributed by atoms with Gasteiger partial charge in [-0.3, -0.25) is 14.5 Å². The van der Waals surface area contributed by atoms with Gasteiger partial charge in [0.25, 0.3) is 5.91 Å². The van der Waals surface area contributed by atoms with Crippen LogP contribution in [0, 0.1) is 5.92 Å². The van der Waals surface area contributed by atoms with Gasteiger partial charge in [0, 0.05) is 0 Å². The highest BCUT2D eigenvalue weighted by molar-refractivity contribution is 7.22. The maximum atomic E-state index is 12.9. The molecule has 26 heavy (non-hydrogen) atoms. The third-order valence-electron chi connectivity index (χ3n) is 5.34. The number of urea groups is 1. The van der Waals surface area contributed by atoms with Crippen molar-refractivity contribution < 1.29 is 14.4 Å². The predicted octanol–water partition coefficient (Wildman–Crippen LogP) is 2.74. The minimum Gasteiger partial charge on any atom is -0.323 e. The smallest absolute Gasteiger partial charge is 0.323 e. The summed E-state index contributed by atoms with van der Waals surface area (Å²) in [5.74, 6) is -0.632. The van der Waals surface area contributed by atoms with Crippen LogP contribution >= 0.6 is 11.3 Å². The minimum atomic E-state index is -0.842. The van der Waals surface area contributed by atoms with Crippen molar-refractivity contribution in [2.45, 2.75) is 38.1 Å². The van der Waals surface area contributed by atoms with E-state index in [0.29, 0.717) is 11.6 Å². The van der Waals surface area contributed by atoms with E-state index in [1.807, 2.05) is 31.2 Å². The summed E-state index contributed by atoms with van der Waals surface area (Å²) in [7, 11) is 0. The Bertz CT molecular complexity index is 862. The normalized spacial score (nSPS) is 25.7. The predicted molar refractivity (Wildman–Crippen MR) is 98.9 cm³/mol. The van der Waals surface area contributed by atoms with Gasteiger partial charge in [-0.2, -0.15) is 0 Å². The van der Waals surface area contributed by atoms with E-state index in [9.17, 15) is 14.4 Å². The molecule has 1 aliphatic carbocycles. The molecule has 2 heterocycles. The zero-order valence-corrected chi connectivity index (χ0v) is 15.3. The number of amides is 4. The molecule has 1 spiro atoms. The van der Waals surface area contributed by atoms with Crippen molar-refractivity contribution in [2.24, 2.45) is 5.92 Å². The first-order valence-corrected chi connectivity index (χ1v) is 9.61. The molecular formula is C18H20N4O3S. The zero-order valence-electron chi connectivity index (χ0n) is 14.4. The summed E-state index contributed by atoms with van der Waals surface area (Å²) >= 11 is 1.36.